The van der Waals surface area contributed by atoms with Crippen LogP contribution in [0.1, 0.15) is 0 Å². The van der Waals surface area contributed by atoms with Crippen LogP contribution in [0.5, 0.6) is 0 Å². The first-order chi connectivity index (χ1) is 7.79. The maximum atomic E-state index is 11.0. The molecule has 0 saturated heterocycles. The van der Waals surface area contributed by atoms with Gasteiger partial charge in [-0.05, 0) is 24.3 Å². The minimum absolute atomic E-state index is 0. The number of rotatable bonds is 3. The van der Waals surface area contributed by atoms with Gasteiger partial charge in [0.25, 0.3) is 0 Å². The molecule has 2 aromatic rings. The Morgan fingerprint density at radius 3 is 2.35 bits per heavy atom. The second-order valence-electron chi connectivity index (χ2n) is 3.12. The summed E-state index contributed by atoms with van der Waals surface area (Å²) >= 11 is 0. The Kier molecular flexibility index (Phi) is 4.62. The zero-order valence-electron chi connectivity index (χ0n) is 8.91. The molecule has 0 spiro atoms. The minimum Gasteiger partial charge on any atom is -0.325 e. The van der Waals surface area contributed by atoms with E-state index in [1.54, 1.807) is 24.5 Å². The Bertz CT molecular complexity index is 468. The van der Waals surface area contributed by atoms with Crippen LogP contribution in [0.15, 0.2) is 36.7 Å². The largest absolute Gasteiger partial charge is 0.325 e. The van der Waals surface area contributed by atoms with Crippen molar-refractivity contribution in [2.75, 3.05) is 11.9 Å². The lowest BCUT2D eigenvalue weighted by Gasteiger charge is -2.04. The van der Waals surface area contributed by atoms with Crippen LogP contribution in [-0.4, -0.2) is 27.4 Å². The molecule has 0 aliphatic rings. The molecule has 1 amide bonds. The molecule has 1 aromatic heterocycles. The quantitative estimate of drug-likeness (QED) is 0.838. The number of benzene rings is 1. The number of halogens is 1. The van der Waals surface area contributed by atoms with E-state index < -0.39 is 0 Å². The molecule has 7 heteroatoms. The van der Waals surface area contributed by atoms with Gasteiger partial charge >= 0.3 is 0 Å². The first kappa shape index (κ1) is 13.1. The first-order valence-electron chi connectivity index (χ1n) is 4.76. The van der Waals surface area contributed by atoms with Crippen LogP contribution in [0.2, 0.25) is 0 Å². The molecule has 1 heterocycles. The van der Waals surface area contributed by atoms with E-state index in [1.807, 2.05) is 12.1 Å². The zero-order valence-corrected chi connectivity index (χ0v) is 9.72. The molecule has 0 radical (unpaired) electrons. The minimum atomic E-state index is -0.218. The van der Waals surface area contributed by atoms with Gasteiger partial charge in [-0.3, -0.25) is 4.79 Å². The summed E-state index contributed by atoms with van der Waals surface area (Å²) in [6.45, 7) is -0.0253. The van der Waals surface area contributed by atoms with E-state index in [1.165, 1.54) is 4.80 Å². The SMILES string of the molecule is Cl.NCC(=O)Nc1ccc(-n2nccn2)cc1. The molecular formula is C10H12ClN5O. The van der Waals surface area contributed by atoms with Gasteiger partial charge < -0.3 is 11.1 Å². The van der Waals surface area contributed by atoms with Crippen molar-refractivity contribution >= 4 is 24.0 Å². The second kappa shape index (κ2) is 5.97. The Morgan fingerprint density at radius 1 is 1.24 bits per heavy atom. The van der Waals surface area contributed by atoms with Crippen LogP contribution < -0.4 is 11.1 Å². The fourth-order valence-electron chi connectivity index (χ4n) is 1.24. The number of nitrogens with two attached hydrogens (primary N) is 1. The number of anilines is 1. The van der Waals surface area contributed by atoms with Crippen LogP contribution in [0.25, 0.3) is 5.69 Å². The van der Waals surface area contributed by atoms with Gasteiger partial charge in [-0.15, -0.1) is 12.4 Å². The smallest absolute Gasteiger partial charge is 0.238 e. The standard InChI is InChI=1S/C10H11N5O.ClH/c11-7-10(16)14-8-1-3-9(4-2-8)15-12-5-6-13-15;/h1-6H,7,11H2,(H,14,16);1H. The summed E-state index contributed by atoms with van der Waals surface area (Å²) in [4.78, 5) is 12.5. The number of carbonyl (C=O) groups is 1. The third-order valence-corrected chi connectivity index (χ3v) is 1.99. The summed E-state index contributed by atoms with van der Waals surface area (Å²) in [5.41, 5.74) is 6.72. The van der Waals surface area contributed by atoms with Gasteiger partial charge in [-0.1, -0.05) is 0 Å². The Hall–Kier alpha value is -1.92. The molecule has 3 N–H and O–H groups in total. The fraction of sp³-hybridized carbons (Fsp3) is 0.100. The molecule has 0 unspecified atom stereocenters. The number of aromatic nitrogens is 3. The molecule has 0 atom stereocenters. The average molecular weight is 254 g/mol. The van der Waals surface area contributed by atoms with Crippen LogP contribution >= 0.6 is 12.4 Å². The van der Waals surface area contributed by atoms with E-state index in [-0.39, 0.29) is 24.9 Å². The van der Waals surface area contributed by atoms with E-state index >= 15 is 0 Å². The van der Waals surface area contributed by atoms with Crippen molar-refractivity contribution in [3.63, 3.8) is 0 Å². The lowest BCUT2D eigenvalue weighted by Crippen LogP contribution is -2.21. The second-order valence-corrected chi connectivity index (χ2v) is 3.12. The Balaban J connectivity index is 0.00000144. The summed E-state index contributed by atoms with van der Waals surface area (Å²) < 4.78 is 0. The van der Waals surface area contributed by atoms with Crippen molar-refractivity contribution in [1.29, 1.82) is 0 Å². The van der Waals surface area contributed by atoms with Crippen molar-refractivity contribution in [3.8, 4) is 5.69 Å². The highest BCUT2D eigenvalue weighted by Crippen LogP contribution is 2.11. The van der Waals surface area contributed by atoms with Gasteiger partial charge in [-0.25, -0.2) is 0 Å². The van der Waals surface area contributed by atoms with Gasteiger partial charge in [0.05, 0.1) is 24.6 Å². The lowest BCUT2D eigenvalue weighted by molar-refractivity contribution is -0.114. The number of nitrogens with one attached hydrogen (secondary N) is 1. The number of hydrogen-bond donors (Lipinski definition) is 2. The average Bonchev–Trinajstić information content (AvgIpc) is 2.83. The normalized spacial score (nSPS) is 9.47. The van der Waals surface area contributed by atoms with Crippen molar-refractivity contribution in [2.45, 2.75) is 0 Å². The molecular weight excluding hydrogens is 242 g/mol. The predicted molar refractivity (Wildman–Crippen MR) is 66.3 cm³/mol. The first-order valence-corrected chi connectivity index (χ1v) is 4.76. The molecule has 0 bridgehead atoms. The number of hydrogen-bond acceptors (Lipinski definition) is 4. The van der Waals surface area contributed by atoms with Crippen molar-refractivity contribution in [2.24, 2.45) is 5.73 Å². The maximum absolute atomic E-state index is 11.0. The Labute approximate surface area is 104 Å². The van der Waals surface area contributed by atoms with Crippen molar-refractivity contribution < 1.29 is 4.79 Å². The van der Waals surface area contributed by atoms with Gasteiger partial charge in [0.2, 0.25) is 5.91 Å². The van der Waals surface area contributed by atoms with Crippen LogP contribution in [0.4, 0.5) is 5.69 Å². The summed E-state index contributed by atoms with van der Waals surface area (Å²) in [7, 11) is 0. The van der Waals surface area contributed by atoms with Crippen LogP contribution in [0.3, 0.4) is 0 Å². The fourth-order valence-corrected chi connectivity index (χ4v) is 1.24. The highest BCUT2D eigenvalue weighted by Gasteiger charge is 2.00. The van der Waals surface area contributed by atoms with Gasteiger partial charge in [0.1, 0.15) is 0 Å². The van der Waals surface area contributed by atoms with E-state index in [2.05, 4.69) is 15.5 Å². The molecule has 17 heavy (non-hydrogen) atoms. The highest BCUT2D eigenvalue weighted by atomic mass is 35.5. The highest BCUT2D eigenvalue weighted by molar-refractivity contribution is 5.92. The zero-order chi connectivity index (χ0) is 11.4. The third-order valence-electron chi connectivity index (χ3n) is 1.99. The summed E-state index contributed by atoms with van der Waals surface area (Å²) in [6.07, 6.45) is 3.20. The van der Waals surface area contributed by atoms with Crippen LogP contribution in [0, 0.1) is 0 Å². The molecule has 0 saturated carbocycles. The van der Waals surface area contributed by atoms with E-state index in [0.717, 1.165) is 5.69 Å². The molecule has 0 aliphatic carbocycles. The molecule has 0 aliphatic heterocycles. The molecule has 0 fully saturated rings. The van der Waals surface area contributed by atoms with Crippen LogP contribution in [-0.2, 0) is 4.79 Å². The predicted octanol–water partition coefficient (Wildman–Crippen LogP) is 0.586. The number of nitrogens with zero attached hydrogens (tertiary/aromatic N) is 3. The third kappa shape index (κ3) is 3.27. The number of amides is 1. The summed E-state index contributed by atoms with van der Waals surface area (Å²) in [5.74, 6) is -0.218. The maximum Gasteiger partial charge on any atom is 0.238 e. The van der Waals surface area contributed by atoms with Gasteiger partial charge in [0.15, 0.2) is 0 Å². The molecule has 6 nitrogen and oxygen atoms in total. The van der Waals surface area contributed by atoms with Crippen molar-refractivity contribution in [3.05, 3.63) is 36.7 Å². The van der Waals surface area contributed by atoms with E-state index in [4.69, 9.17) is 5.73 Å². The molecule has 1 aromatic carbocycles. The van der Waals surface area contributed by atoms with E-state index in [9.17, 15) is 4.79 Å². The number of carbonyl (C=O) groups excluding carboxylic acids is 1. The monoisotopic (exact) mass is 253 g/mol. The van der Waals surface area contributed by atoms with Gasteiger partial charge in [0, 0.05) is 5.69 Å². The molecule has 2 rings (SSSR count). The topological polar surface area (TPSA) is 85.8 Å². The lowest BCUT2D eigenvalue weighted by atomic mass is 10.3. The van der Waals surface area contributed by atoms with Gasteiger partial charge in [-0.2, -0.15) is 15.0 Å². The Morgan fingerprint density at radius 2 is 1.82 bits per heavy atom. The van der Waals surface area contributed by atoms with Crippen molar-refractivity contribution in [1.82, 2.24) is 15.0 Å². The van der Waals surface area contributed by atoms with E-state index in [0.29, 0.717) is 5.69 Å². The summed E-state index contributed by atoms with van der Waals surface area (Å²) in [5, 5.41) is 10.6. The molecule has 90 valence electrons. The summed E-state index contributed by atoms with van der Waals surface area (Å²) in [6, 6.07) is 7.16.